The zero-order chi connectivity index (χ0) is 20.9. The van der Waals surface area contributed by atoms with Gasteiger partial charge in [-0.2, -0.15) is 0 Å². The molecule has 2 N–H and O–H groups in total. The molecule has 4 rings (SSSR count). The van der Waals surface area contributed by atoms with E-state index in [0.717, 1.165) is 39.0 Å². The number of hydrogen-bond acceptors (Lipinski definition) is 4. The summed E-state index contributed by atoms with van der Waals surface area (Å²) >= 11 is 0. The van der Waals surface area contributed by atoms with Gasteiger partial charge in [-0.15, -0.1) is 0 Å². The van der Waals surface area contributed by atoms with Crippen LogP contribution < -0.4 is 10.6 Å². The Kier molecular flexibility index (Phi) is 6.45. The molecule has 30 heavy (non-hydrogen) atoms. The number of nitrogens with one attached hydrogen (secondary N) is 2. The molecule has 2 fully saturated rings. The molecule has 1 saturated carbocycles. The first-order valence-electron chi connectivity index (χ1n) is 10.8. The topological polar surface area (TPSA) is 64.7 Å². The van der Waals surface area contributed by atoms with Crippen LogP contribution >= 0.6 is 0 Å². The van der Waals surface area contributed by atoms with E-state index in [4.69, 9.17) is 0 Å². The van der Waals surface area contributed by atoms with Crippen molar-refractivity contribution in [1.29, 1.82) is 0 Å². The smallest absolute Gasteiger partial charge is 0.321 e. The molecular weight excluding hydrogens is 376 g/mol. The van der Waals surface area contributed by atoms with Crippen molar-refractivity contribution in [2.45, 2.75) is 37.9 Å². The molecule has 1 atom stereocenters. The summed E-state index contributed by atoms with van der Waals surface area (Å²) in [5, 5.41) is 5.29. The van der Waals surface area contributed by atoms with Gasteiger partial charge < -0.3 is 5.32 Å². The first-order chi connectivity index (χ1) is 14.6. The van der Waals surface area contributed by atoms with E-state index in [0.29, 0.717) is 0 Å². The molecule has 2 aromatic rings. The summed E-state index contributed by atoms with van der Waals surface area (Å²) in [6.45, 7) is 5.17. The second-order valence-electron chi connectivity index (χ2n) is 8.21. The van der Waals surface area contributed by atoms with Crippen molar-refractivity contribution in [2.24, 2.45) is 0 Å². The van der Waals surface area contributed by atoms with Crippen molar-refractivity contribution in [3.63, 3.8) is 0 Å². The Hall–Kier alpha value is -2.70. The maximum atomic E-state index is 12.5. The van der Waals surface area contributed by atoms with Crippen LogP contribution in [0.5, 0.6) is 0 Å². The Bertz CT molecular complexity index is 807. The first kappa shape index (κ1) is 20.6. The molecule has 6 heteroatoms. The number of imide groups is 1. The number of carbonyl (C=O) groups excluding carboxylic acids is 2. The summed E-state index contributed by atoms with van der Waals surface area (Å²) in [5.74, 6) is -0.232. The normalized spacial score (nSPS) is 18.7. The van der Waals surface area contributed by atoms with Gasteiger partial charge in [0.1, 0.15) is 0 Å². The summed E-state index contributed by atoms with van der Waals surface area (Å²) in [4.78, 5) is 29.0. The zero-order valence-electron chi connectivity index (χ0n) is 17.5. The number of piperazine rings is 1. The Labute approximate surface area is 178 Å². The molecule has 3 amide bonds. The third-order valence-electron chi connectivity index (χ3n) is 6.02. The van der Waals surface area contributed by atoms with Gasteiger partial charge in [0.05, 0.1) is 12.1 Å². The number of hydrogen-bond donors (Lipinski definition) is 2. The molecule has 1 saturated heterocycles. The van der Waals surface area contributed by atoms with E-state index in [-0.39, 0.29) is 30.1 Å². The van der Waals surface area contributed by atoms with E-state index >= 15 is 0 Å². The first-order valence-corrected chi connectivity index (χ1v) is 10.8. The van der Waals surface area contributed by atoms with Crippen LogP contribution in [-0.2, 0) is 4.79 Å². The van der Waals surface area contributed by atoms with Gasteiger partial charge in [-0.1, -0.05) is 60.7 Å². The summed E-state index contributed by atoms with van der Waals surface area (Å²) in [6, 6.07) is 20.9. The molecule has 0 aromatic heterocycles. The summed E-state index contributed by atoms with van der Waals surface area (Å²) in [6.07, 6.45) is 2.01. The minimum absolute atomic E-state index is 0.197. The monoisotopic (exact) mass is 406 g/mol. The lowest BCUT2D eigenvalue weighted by Gasteiger charge is -2.41. The predicted molar refractivity (Wildman–Crippen MR) is 117 cm³/mol. The van der Waals surface area contributed by atoms with E-state index in [1.807, 2.05) is 19.1 Å². The highest BCUT2D eigenvalue weighted by Gasteiger charge is 2.31. The molecule has 2 aliphatic rings. The number of benzene rings is 2. The Morgan fingerprint density at radius 2 is 1.33 bits per heavy atom. The summed E-state index contributed by atoms with van der Waals surface area (Å²) in [7, 11) is 0. The van der Waals surface area contributed by atoms with Gasteiger partial charge in [0, 0.05) is 32.2 Å². The molecule has 158 valence electrons. The average Bonchev–Trinajstić information content (AvgIpc) is 3.59. The zero-order valence-corrected chi connectivity index (χ0v) is 17.5. The SMILES string of the molecule is CC(C(=O)NC(=O)NC1CC1)N1CCN(C(c2ccccc2)c2ccccc2)CC1. The van der Waals surface area contributed by atoms with Crippen LogP contribution in [0.25, 0.3) is 0 Å². The maximum absolute atomic E-state index is 12.5. The molecule has 0 radical (unpaired) electrons. The van der Waals surface area contributed by atoms with Crippen LogP contribution in [-0.4, -0.2) is 60.0 Å². The van der Waals surface area contributed by atoms with Crippen LogP contribution in [0, 0.1) is 0 Å². The second-order valence-corrected chi connectivity index (χ2v) is 8.21. The second kappa shape index (κ2) is 9.41. The summed E-state index contributed by atoms with van der Waals surface area (Å²) < 4.78 is 0. The van der Waals surface area contributed by atoms with Gasteiger partial charge in [-0.05, 0) is 30.9 Å². The van der Waals surface area contributed by atoms with Gasteiger partial charge in [-0.3, -0.25) is 19.9 Å². The highest BCUT2D eigenvalue weighted by Crippen LogP contribution is 2.29. The minimum atomic E-state index is -0.374. The minimum Gasteiger partial charge on any atom is -0.335 e. The lowest BCUT2D eigenvalue weighted by molar-refractivity contribution is -0.125. The van der Waals surface area contributed by atoms with E-state index in [1.165, 1.54) is 11.1 Å². The van der Waals surface area contributed by atoms with Crippen molar-refractivity contribution < 1.29 is 9.59 Å². The highest BCUT2D eigenvalue weighted by molar-refractivity contribution is 5.97. The summed E-state index contributed by atoms with van der Waals surface area (Å²) in [5.41, 5.74) is 2.55. The van der Waals surface area contributed by atoms with E-state index in [2.05, 4.69) is 69.0 Å². The molecule has 2 aromatic carbocycles. The van der Waals surface area contributed by atoms with Gasteiger partial charge in [-0.25, -0.2) is 4.79 Å². The lowest BCUT2D eigenvalue weighted by atomic mass is 9.96. The number of carbonyl (C=O) groups is 2. The van der Waals surface area contributed by atoms with Crippen LogP contribution in [0.3, 0.4) is 0 Å². The van der Waals surface area contributed by atoms with Crippen LogP contribution in [0.4, 0.5) is 4.79 Å². The molecule has 1 heterocycles. The van der Waals surface area contributed by atoms with Crippen molar-refractivity contribution >= 4 is 11.9 Å². The molecule has 1 aliphatic carbocycles. The maximum Gasteiger partial charge on any atom is 0.321 e. The molecular formula is C24H30N4O2. The van der Waals surface area contributed by atoms with Crippen LogP contribution in [0.2, 0.25) is 0 Å². The molecule has 1 aliphatic heterocycles. The van der Waals surface area contributed by atoms with Crippen molar-refractivity contribution in [2.75, 3.05) is 26.2 Å². The number of urea groups is 1. The highest BCUT2D eigenvalue weighted by atomic mass is 16.2. The molecule has 0 spiro atoms. The number of rotatable bonds is 6. The quantitative estimate of drug-likeness (QED) is 0.774. The fourth-order valence-electron chi connectivity index (χ4n) is 4.10. The standard InChI is InChI=1S/C24H30N4O2/c1-18(23(29)26-24(30)25-21-12-13-21)27-14-16-28(17-15-27)22(19-8-4-2-5-9-19)20-10-6-3-7-11-20/h2-11,18,21-22H,12-17H2,1H3,(H2,25,26,29,30). The third kappa shape index (κ3) is 5.07. The van der Waals surface area contributed by atoms with E-state index in [9.17, 15) is 9.59 Å². The Morgan fingerprint density at radius 3 is 1.83 bits per heavy atom. The lowest BCUT2D eigenvalue weighted by Crippen LogP contribution is -2.56. The van der Waals surface area contributed by atoms with Crippen molar-refractivity contribution in [3.8, 4) is 0 Å². The molecule has 0 bridgehead atoms. The van der Waals surface area contributed by atoms with Crippen molar-refractivity contribution in [1.82, 2.24) is 20.4 Å². The van der Waals surface area contributed by atoms with E-state index < -0.39 is 0 Å². The predicted octanol–water partition coefficient (Wildman–Crippen LogP) is 2.77. The number of nitrogens with zero attached hydrogens (tertiary/aromatic N) is 2. The number of amides is 3. The fourth-order valence-corrected chi connectivity index (χ4v) is 4.10. The van der Waals surface area contributed by atoms with Gasteiger partial charge >= 0.3 is 6.03 Å². The molecule has 6 nitrogen and oxygen atoms in total. The van der Waals surface area contributed by atoms with E-state index in [1.54, 1.807) is 0 Å². The van der Waals surface area contributed by atoms with Gasteiger partial charge in [0.15, 0.2) is 0 Å². The third-order valence-corrected chi connectivity index (χ3v) is 6.02. The molecule has 1 unspecified atom stereocenters. The average molecular weight is 407 g/mol. The fraction of sp³-hybridized carbons (Fsp3) is 0.417. The van der Waals surface area contributed by atoms with Crippen LogP contribution in [0.1, 0.15) is 36.9 Å². The Balaban J connectivity index is 1.38. The van der Waals surface area contributed by atoms with Gasteiger partial charge in [0.25, 0.3) is 0 Å². The van der Waals surface area contributed by atoms with Crippen molar-refractivity contribution in [3.05, 3.63) is 71.8 Å². The van der Waals surface area contributed by atoms with Gasteiger partial charge in [0.2, 0.25) is 5.91 Å². The van der Waals surface area contributed by atoms with Crippen LogP contribution in [0.15, 0.2) is 60.7 Å². The largest absolute Gasteiger partial charge is 0.335 e. The Morgan fingerprint density at radius 1 is 0.833 bits per heavy atom.